The molecule has 5 heteroatoms. The quantitative estimate of drug-likeness (QED) is 0.162. The van der Waals surface area contributed by atoms with Crippen LogP contribution in [0.2, 0.25) is 0 Å². The van der Waals surface area contributed by atoms with Gasteiger partial charge in [0.15, 0.2) is 0 Å². The van der Waals surface area contributed by atoms with Crippen molar-refractivity contribution in [3.05, 3.63) is 167 Å². The number of hydrogen-bond acceptors (Lipinski definition) is 3. The van der Waals surface area contributed by atoms with Gasteiger partial charge in [-0.2, -0.15) is 0 Å². The van der Waals surface area contributed by atoms with Crippen LogP contribution >= 0.6 is 0 Å². The molecule has 0 saturated carbocycles. The molecule has 0 aliphatic rings. The summed E-state index contributed by atoms with van der Waals surface area (Å²) in [6.45, 7) is 21.2. The maximum absolute atomic E-state index is 11.7. The van der Waals surface area contributed by atoms with Crippen molar-refractivity contribution in [3.8, 4) is 67.5 Å². The predicted molar refractivity (Wildman–Crippen MR) is 248 cm³/mol. The summed E-state index contributed by atoms with van der Waals surface area (Å²) in [6, 6.07) is 48.3. The van der Waals surface area contributed by atoms with E-state index < -0.39 is 5.89 Å². The van der Waals surface area contributed by atoms with Crippen molar-refractivity contribution in [2.75, 3.05) is 0 Å². The Morgan fingerprint density at radius 1 is 0.650 bits per heavy atom. The number of aromatic nitrogens is 3. The molecule has 4 nitrogen and oxygen atoms in total. The number of benzene rings is 6. The summed E-state index contributed by atoms with van der Waals surface area (Å²) in [5, 5.41) is 11.7. The van der Waals surface area contributed by atoms with Crippen LogP contribution in [0.25, 0.3) is 72.7 Å². The fraction of sp³-hybridized carbons (Fsp3) is 0.236. The fourth-order valence-corrected chi connectivity index (χ4v) is 7.92. The smallest absolute Gasteiger partial charge is 0.148 e. The predicted octanol–water partition coefficient (Wildman–Crippen LogP) is 14.6. The van der Waals surface area contributed by atoms with Crippen LogP contribution in [0.15, 0.2) is 134 Å². The van der Waals surface area contributed by atoms with E-state index in [1.165, 1.54) is 5.56 Å². The Hall–Kier alpha value is -5.57. The molecule has 2 heterocycles. The van der Waals surface area contributed by atoms with Crippen molar-refractivity contribution in [2.45, 2.75) is 86.0 Å². The van der Waals surface area contributed by atoms with Crippen molar-refractivity contribution in [1.82, 2.24) is 14.5 Å². The van der Waals surface area contributed by atoms with Gasteiger partial charge in [-0.3, -0.25) is 9.55 Å². The van der Waals surface area contributed by atoms with Gasteiger partial charge in [-0.05, 0) is 105 Å². The van der Waals surface area contributed by atoms with Crippen LogP contribution in [-0.4, -0.2) is 19.6 Å². The Morgan fingerprint density at radius 3 is 2.02 bits per heavy atom. The van der Waals surface area contributed by atoms with E-state index >= 15 is 0 Å². The third-order valence-electron chi connectivity index (χ3n) is 11.4. The van der Waals surface area contributed by atoms with E-state index in [9.17, 15) is 5.11 Å². The molecule has 0 unspecified atom stereocenters. The molecule has 0 aliphatic heterocycles. The average Bonchev–Trinajstić information content (AvgIpc) is 3.61. The van der Waals surface area contributed by atoms with Crippen molar-refractivity contribution in [2.24, 2.45) is 0 Å². The van der Waals surface area contributed by atoms with Gasteiger partial charge in [-0.25, -0.2) is 4.98 Å². The summed E-state index contributed by atoms with van der Waals surface area (Å²) in [4.78, 5) is 10.4. The van der Waals surface area contributed by atoms with E-state index in [0.717, 1.165) is 83.6 Å². The fourth-order valence-electron chi connectivity index (χ4n) is 7.92. The Balaban J connectivity index is 0.00000561. The molecule has 0 atom stereocenters. The largest absolute Gasteiger partial charge is 0.507 e. The van der Waals surface area contributed by atoms with Crippen LogP contribution in [0.1, 0.15) is 90.5 Å². The SMILES string of the molecule is [2H]C(C)(C)c1cc(-c2ccccc2)cc(-n2c(-c3cc(C)cc(C)c3O)nc3c(-c4[c-]c(-c5cc(-c6ccc(C(C)(C)C)cc6)ccn5)cc(C(C)(C)C)c4)cccc32)c1.[Pt]. The molecule has 60 heavy (non-hydrogen) atoms. The molecule has 0 bridgehead atoms. The molecule has 1 N–H and O–H groups in total. The number of fused-ring (bicyclic) bond motifs is 1. The van der Waals surface area contributed by atoms with E-state index in [1.807, 2.05) is 64.2 Å². The van der Waals surface area contributed by atoms with E-state index in [0.29, 0.717) is 11.4 Å². The summed E-state index contributed by atoms with van der Waals surface area (Å²) in [5.74, 6) is -0.0511. The summed E-state index contributed by atoms with van der Waals surface area (Å²) in [7, 11) is 0. The second kappa shape index (κ2) is 16.5. The maximum Gasteiger partial charge on any atom is 0.148 e. The molecule has 2 aromatic heterocycles. The van der Waals surface area contributed by atoms with Gasteiger partial charge in [0.2, 0.25) is 0 Å². The van der Waals surface area contributed by atoms with Crippen LogP contribution in [0.5, 0.6) is 5.75 Å². The molecule has 0 aliphatic carbocycles. The van der Waals surface area contributed by atoms with Gasteiger partial charge >= 0.3 is 0 Å². The second-order valence-electron chi connectivity index (χ2n) is 18.3. The summed E-state index contributed by atoms with van der Waals surface area (Å²) >= 11 is 0. The topological polar surface area (TPSA) is 50.9 Å². The van der Waals surface area contributed by atoms with Gasteiger partial charge in [-0.15, -0.1) is 29.3 Å². The number of phenols is 1. The Morgan fingerprint density at radius 2 is 1.33 bits per heavy atom. The number of pyridine rings is 1. The summed E-state index contributed by atoms with van der Waals surface area (Å²) in [5.41, 5.74) is 16.2. The molecular weight excluding hydrogens is 914 g/mol. The first kappa shape index (κ1) is 41.2. The van der Waals surface area contributed by atoms with Gasteiger partial charge < -0.3 is 5.11 Å². The van der Waals surface area contributed by atoms with E-state index in [1.54, 1.807) is 0 Å². The monoisotopic (exact) mass is 968 g/mol. The summed E-state index contributed by atoms with van der Waals surface area (Å²) in [6.07, 6.45) is 1.89. The first-order chi connectivity index (χ1) is 28.3. The van der Waals surface area contributed by atoms with Crippen LogP contribution < -0.4 is 0 Å². The van der Waals surface area contributed by atoms with Crippen molar-refractivity contribution in [1.29, 1.82) is 0 Å². The van der Waals surface area contributed by atoms with E-state index in [2.05, 4.69) is 149 Å². The summed E-state index contributed by atoms with van der Waals surface area (Å²) < 4.78 is 11.3. The molecule has 8 rings (SSSR count). The number of nitrogens with zero attached hydrogens (tertiary/aromatic N) is 3. The molecular formula is C55H54N3OPt-. The standard InChI is InChI=1S/C55H54N3O.Pt/c1-34(2)40-27-41(37-15-12-11-13-16-37)32-46(31-40)58-50-18-14-17-47(51(50)57-53(58)48-26-35(3)25-36(4)52(48)59)42-28-43(30-45(29-42)55(8,9)10)49-33-39(23-24-56-49)38-19-21-44(22-20-38)54(5,6)7;/h11-27,29-34,59H,1-10H3;/q-1;/i34D;. The first-order valence-electron chi connectivity index (χ1n) is 21.0. The Labute approximate surface area is 372 Å². The van der Waals surface area contributed by atoms with Crippen LogP contribution in [0, 0.1) is 19.9 Å². The maximum atomic E-state index is 11.7. The van der Waals surface area contributed by atoms with Gasteiger partial charge in [0.05, 0.1) is 16.6 Å². The molecule has 0 fully saturated rings. The zero-order valence-corrected chi connectivity index (χ0v) is 38.6. The minimum absolute atomic E-state index is 0. The zero-order chi connectivity index (χ0) is 42.7. The van der Waals surface area contributed by atoms with Gasteiger partial charge in [-0.1, -0.05) is 151 Å². The zero-order valence-electron chi connectivity index (χ0n) is 37.3. The van der Waals surface area contributed by atoms with Crippen molar-refractivity contribution in [3.63, 3.8) is 0 Å². The minimum atomic E-state index is -0.872. The van der Waals surface area contributed by atoms with E-state index in [4.69, 9.17) is 11.3 Å². The number of para-hydroxylation sites is 1. The van der Waals surface area contributed by atoms with Crippen LogP contribution in [0.3, 0.4) is 0 Å². The minimum Gasteiger partial charge on any atom is -0.507 e. The molecule has 0 spiro atoms. The van der Waals surface area contributed by atoms with Gasteiger partial charge in [0, 0.05) is 40.0 Å². The van der Waals surface area contributed by atoms with Crippen LogP contribution in [0.4, 0.5) is 0 Å². The third-order valence-corrected chi connectivity index (χ3v) is 11.4. The number of aryl methyl sites for hydroxylation is 2. The number of rotatable bonds is 7. The van der Waals surface area contributed by atoms with Gasteiger partial charge in [0.1, 0.15) is 11.6 Å². The number of aromatic hydroxyl groups is 1. The molecule has 0 radical (unpaired) electrons. The molecule has 8 aromatic rings. The van der Waals surface area contributed by atoms with Gasteiger partial charge in [0.25, 0.3) is 0 Å². The molecule has 306 valence electrons. The molecule has 0 amide bonds. The van der Waals surface area contributed by atoms with Crippen LogP contribution in [-0.2, 0) is 31.9 Å². The normalized spacial score (nSPS) is 12.3. The number of imidazole rings is 1. The van der Waals surface area contributed by atoms with Crippen molar-refractivity contribution < 1.29 is 27.5 Å². The molecule has 0 saturated heterocycles. The average molecular weight is 969 g/mol. The number of phenolic OH excluding ortho intramolecular Hbond substituents is 1. The van der Waals surface area contributed by atoms with E-state index in [-0.39, 0.29) is 37.6 Å². The number of hydrogen-bond donors (Lipinski definition) is 1. The Bertz CT molecular complexity index is 2890. The molecule has 6 aromatic carbocycles. The Kier molecular flexibility index (Phi) is 11.3. The third kappa shape index (κ3) is 8.41. The first-order valence-corrected chi connectivity index (χ1v) is 20.5. The second-order valence-corrected chi connectivity index (χ2v) is 18.3. The van der Waals surface area contributed by atoms with Crippen molar-refractivity contribution >= 4 is 11.0 Å².